The lowest BCUT2D eigenvalue weighted by Gasteiger charge is -2.41. The molecule has 0 aromatic carbocycles. The molecule has 1 aromatic heterocycles. The molecular weight excluding hydrogens is 338 g/mol. The summed E-state index contributed by atoms with van der Waals surface area (Å²) >= 11 is 1.15. The Kier molecular flexibility index (Phi) is 3.43. The SMILES string of the molecule is CC1(C)Cc2c(sc(NC3(C=O)CC3(F)F)c2C(N)=O)C(C)(C)O1. The van der Waals surface area contributed by atoms with Crippen LogP contribution >= 0.6 is 11.3 Å². The highest BCUT2D eigenvalue weighted by Gasteiger charge is 2.72. The summed E-state index contributed by atoms with van der Waals surface area (Å²) in [4.78, 5) is 24.0. The van der Waals surface area contributed by atoms with Gasteiger partial charge < -0.3 is 20.6 Å². The fourth-order valence-electron chi connectivity index (χ4n) is 3.47. The van der Waals surface area contributed by atoms with Crippen LogP contribution in [-0.2, 0) is 21.6 Å². The van der Waals surface area contributed by atoms with Crippen molar-refractivity contribution >= 4 is 28.5 Å². The molecule has 0 radical (unpaired) electrons. The molecule has 0 spiro atoms. The van der Waals surface area contributed by atoms with Crippen LogP contribution in [0.2, 0.25) is 0 Å². The molecule has 3 rings (SSSR count). The van der Waals surface area contributed by atoms with Crippen molar-refractivity contribution in [2.24, 2.45) is 5.73 Å². The van der Waals surface area contributed by atoms with E-state index in [0.29, 0.717) is 12.0 Å². The molecule has 2 aliphatic rings. The summed E-state index contributed by atoms with van der Waals surface area (Å²) in [5.41, 5.74) is 3.25. The summed E-state index contributed by atoms with van der Waals surface area (Å²) in [7, 11) is 0. The van der Waals surface area contributed by atoms with Crippen LogP contribution in [-0.4, -0.2) is 29.3 Å². The van der Waals surface area contributed by atoms with Crippen LogP contribution in [0.25, 0.3) is 0 Å². The summed E-state index contributed by atoms with van der Waals surface area (Å²) in [6.45, 7) is 7.52. The van der Waals surface area contributed by atoms with Crippen molar-refractivity contribution in [1.82, 2.24) is 0 Å². The number of thiophene rings is 1. The quantitative estimate of drug-likeness (QED) is 0.811. The van der Waals surface area contributed by atoms with Gasteiger partial charge in [-0.05, 0) is 33.3 Å². The smallest absolute Gasteiger partial charge is 0.280 e. The fraction of sp³-hybridized carbons (Fsp3) is 0.625. The van der Waals surface area contributed by atoms with Gasteiger partial charge in [-0.3, -0.25) is 4.79 Å². The van der Waals surface area contributed by atoms with Gasteiger partial charge in [-0.15, -0.1) is 11.3 Å². The van der Waals surface area contributed by atoms with Gasteiger partial charge in [0.05, 0.1) is 23.2 Å². The zero-order valence-corrected chi connectivity index (χ0v) is 14.8. The molecule has 8 heteroatoms. The molecule has 1 unspecified atom stereocenters. The molecule has 24 heavy (non-hydrogen) atoms. The van der Waals surface area contributed by atoms with E-state index in [9.17, 15) is 18.4 Å². The van der Waals surface area contributed by atoms with Gasteiger partial charge >= 0.3 is 0 Å². The molecule has 132 valence electrons. The van der Waals surface area contributed by atoms with Crippen molar-refractivity contribution in [2.45, 2.75) is 63.2 Å². The standard InChI is InChI=1S/C16H20F2N2O3S/c1-13(2)5-8-9(11(19)22)12(24-10(8)14(3,4)23-13)20-15(7-21)6-16(15,17)18/h7,20H,5-6H2,1-4H3,(H2,19,22). The number of hydrogen-bond donors (Lipinski definition) is 2. The molecule has 1 fully saturated rings. The van der Waals surface area contributed by atoms with Crippen LogP contribution in [0.3, 0.4) is 0 Å². The summed E-state index contributed by atoms with van der Waals surface area (Å²) < 4.78 is 33.3. The van der Waals surface area contributed by atoms with E-state index in [1.54, 1.807) is 0 Å². The Morgan fingerprint density at radius 1 is 1.33 bits per heavy atom. The number of halogens is 2. The highest BCUT2D eigenvalue weighted by atomic mass is 32.1. The first-order valence-electron chi connectivity index (χ1n) is 7.63. The Morgan fingerprint density at radius 2 is 1.92 bits per heavy atom. The van der Waals surface area contributed by atoms with Crippen LogP contribution in [0.4, 0.5) is 13.8 Å². The van der Waals surface area contributed by atoms with Crippen LogP contribution < -0.4 is 11.1 Å². The van der Waals surface area contributed by atoms with Gasteiger partial charge in [0.15, 0.2) is 11.8 Å². The maximum Gasteiger partial charge on any atom is 0.280 e. The Bertz CT molecular complexity index is 742. The van der Waals surface area contributed by atoms with Crippen molar-refractivity contribution in [1.29, 1.82) is 0 Å². The molecule has 1 atom stereocenters. The van der Waals surface area contributed by atoms with Crippen molar-refractivity contribution < 1.29 is 23.1 Å². The highest BCUT2D eigenvalue weighted by Crippen LogP contribution is 2.56. The van der Waals surface area contributed by atoms with E-state index in [-0.39, 0.29) is 16.9 Å². The molecule has 0 saturated heterocycles. The monoisotopic (exact) mass is 358 g/mol. The number of primary amides is 1. The summed E-state index contributed by atoms with van der Waals surface area (Å²) in [5.74, 6) is -3.83. The van der Waals surface area contributed by atoms with E-state index in [4.69, 9.17) is 10.5 Å². The molecular formula is C16H20F2N2O3S. The third-order valence-corrected chi connectivity index (χ3v) is 5.95. The number of carbonyl (C=O) groups is 2. The Hall–Kier alpha value is -1.54. The third-order valence-electron chi connectivity index (χ3n) is 4.50. The predicted octanol–water partition coefficient (Wildman–Crippen LogP) is 2.82. The minimum absolute atomic E-state index is 0.184. The highest BCUT2D eigenvalue weighted by molar-refractivity contribution is 7.17. The Balaban J connectivity index is 2.12. The first-order chi connectivity index (χ1) is 10.8. The number of anilines is 1. The van der Waals surface area contributed by atoms with E-state index in [0.717, 1.165) is 16.2 Å². The Morgan fingerprint density at radius 3 is 2.38 bits per heavy atom. The van der Waals surface area contributed by atoms with Gasteiger partial charge in [-0.1, -0.05) is 0 Å². The van der Waals surface area contributed by atoms with E-state index in [1.807, 2.05) is 27.7 Å². The number of hydrogen-bond acceptors (Lipinski definition) is 5. The second-order valence-corrected chi connectivity index (χ2v) is 8.64. The summed E-state index contributed by atoms with van der Waals surface area (Å²) in [5, 5.41) is 2.80. The van der Waals surface area contributed by atoms with Gasteiger partial charge in [0, 0.05) is 11.3 Å². The number of nitrogens with one attached hydrogen (secondary N) is 1. The summed E-state index contributed by atoms with van der Waals surface area (Å²) in [6, 6.07) is 0. The lowest BCUT2D eigenvalue weighted by molar-refractivity contribution is -0.135. The Labute approximate surface area is 142 Å². The van der Waals surface area contributed by atoms with Crippen molar-refractivity contribution in [3.63, 3.8) is 0 Å². The van der Waals surface area contributed by atoms with Gasteiger partial charge in [-0.2, -0.15) is 0 Å². The van der Waals surface area contributed by atoms with Crippen molar-refractivity contribution in [3.8, 4) is 0 Å². The number of rotatable bonds is 4. The number of carbonyl (C=O) groups excluding carboxylic acids is 2. The van der Waals surface area contributed by atoms with Crippen molar-refractivity contribution in [3.05, 3.63) is 16.0 Å². The van der Waals surface area contributed by atoms with E-state index < -0.39 is 35.0 Å². The molecule has 3 N–H and O–H groups in total. The first kappa shape index (κ1) is 17.3. The molecule has 5 nitrogen and oxygen atoms in total. The maximum atomic E-state index is 13.6. The number of amides is 1. The van der Waals surface area contributed by atoms with Crippen LogP contribution in [0.15, 0.2) is 0 Å². The number of alkyl halides is 2. The number of aldehydes is 1. The van der Waals surface area contributed by atoms with Gasteiger partial charge in [0.2, 0.25) is 0 Å². The zero-order valence-electron chi connectivity index (χ0n) is 14.0. The van der Waals surface area contributed by atoms with Crippen LogP contribution in [0, 0.1) is 0 Å². The third kappa shape index (κ3) is 2.43. The molecule has 1 amide bonds. The zero-order chi connectivity index (χ0) is 18.1. The maximum absolute atomic E-state index is 13.6. The lowest BCUT2D eigenvalue weighted by atomic mass is 9.86. The first-order valence-corrected chi connectivity index (χ1v) is 8.44. The lowest BCUT2D eigenvalue weighted by Crippen LogP contribution is -2.42. The molecule has 1 aliphatic heterocycles. The predicted molar refractivity (Wildman–Crippen MR) is 86.7 cm³/mol. The average molecular weight is 358 g/mol. The second-order valence-electron chi connectivity index (χ2n) is 7.62. The molecule has 0 bridgehead atoms. The normalized spacial score (nSPS) is 28.8. The molecule has 1 saturated carbocycles. The number of nitrogens with two attached hydrogens (primary N) is 1. The van der Waals surface area contributed by atoms with Gasteiger partial charge in [-0.25, -0.2) is 8.78 Å². The second kappa shape index (κ2) is 4.76. The van der Waals surface area contributed by atoms with Gasteiger partial charge in [0.1, 0.15) is 5.00 Å². The minimum atomic E-state index is -3.13. The topological polar surface area (TPSA) is 81.4 Å². The molecule has 1 aliphatic carbocycles. The van der Waals surface area contributed by atoms with E-state index in [1.165, 1.54) is 0 Å². The van der Waals surface area contributed by atoms with Crippen LogP contribution in [0.5, 0.6) is 0 Å². The average Bonchev–Trinajstić information content (AvgIpc) is 2.73. The molecule has 2 heterocycles. The van der Waals surface area contributed by atoms with Crippen molar-refractivity contribution in [2.75, 3.05) is 5.32 Å². The summed E-state index contributed by atoms with van der Waals surface area (Å²) in [6.07, 6.45) is 0.0599. The number of ether oxygens (including phenoxy) is 1. The fourth-order valence-corrected chi connectivity index (χ4v) is 4.82. The van der Waals surface area contributed by atoms with E-state index in [2.05, 4.69) is 5.32 Å². The van der Waals surface area contributed by atoms with Gasteiger partial charge in [0.25, 0.3) is 11.8 Å². The minimum Gasteiger partial charge on any atom is -0.365 e. The van der Waals surface area contributed by atoms with Crippen LogP contribution in [0.1, 0.15) is 54.9 Å². The largest absolute Gasteiger partial charge is 0.365 e. The van der Waals surface area contributed by atoms with E-state index >= 15 is 0 Å². The molecule has 1 aromatic rings. The number of fused-ring (bicyclic) bond motifs is 1.